The lowest BCUT2D eigenvalue weighted by molar-refractivity contribution is 0.0927. The molecule has 0 aromatic heterocycles. The third-order valence-electron chi connectivity index (χ3n) is 2.82. The molecule has 1 amide bonds. The number of rotatable bonds is 2. The van der Waals surface area contributed by atoms with E-state index in [1.165, 1.54) is 6.07 Å². The van der Waals surface area contributed by atoms with E-state index in [1.807, 2.05) is 0 Å². The van der Waals surface area contributed by atoms with Crippen LogP contribution in [0, 0.1) is 0 Å². The molecule has 2 rings (SSSR count). The van der Waals surface area contributed by atoms with Gasteiger partial charge < -0.3 is 15.7 Å². The first kappa shape index (κ1) is 11.0. The van der Waals surface area contributed by atoms with Crippen LogP contribution in [0.2, 0.25) is 0 Å². The first-order valence-electron chi connectivity index (χ1n) is 5.57. The summed E-state index contributed by atoms with van der Waals surface area (Å²) >= 11 is 0. The van der Waals surface area contributed by atoms with Crippen molar-refractivity contribution in [3.63, 3.8) is 0 Å². The Morgan fingerprint density at radius 2 is 2.00 bits per heavy atom. The number of amides is 1. The normalized spacial score (nSPS) is 17.0. The average molecular weight is 220 g/mol. The van der Waals surface area contributed by atoms with Crippen LogP contribution in [0.15, 0.2) is 24.3 Å². The van der Waals surface area contributed by atoms with Gasteiger partial charge in [0.05, 0.1) is 5.56 Å². The highest BCUT2D eigenvalue weighted by molar-refractivity contribution is 5.96. The minimum atomic E-state index is -0.190. The van der Waals surface area contributed by atoms with E-state index in [4.69, 9.17) is 0 Å². The molecule has 1 saturated heterocycles. The van der Waals surface area contributed by atoms with Crippen molar-refractivity contribution in [3.8, 4) is 5.75 Å². The number of benzene rings is 1. The van der Waals surface area contributed by atoms with Gasteiger partial charge in [-0.2, -0.15) is 0 Å². The van der Waals surface area contributed by atoms with Crippen molar-refractivity contribution in [3.05, 3.63) is 29.8 Å². The molecule has 1 aromatic rings. The van der Waals surface area contributed by atoms with Gasteiger partial charge in [0, 0.05) is 6.04 Å². The SMILES string of the molecule is O=C(NC1CCNCC1)c1ccccc1O. The number of hydrogen-bond acceptors (Lipinski definition) is 3. The van der Waals surface area contributed by atoms with Gasteiger partial charge in [-0.3, -0.25) is 4.79 Å². The number of phenolic OH excluding ortho intramolecular Hbond substituents is 1. The zero-order valence-corrected chi connectivity index (χ0v) is 9.07. The Labute approximate surface area is 94.7 Å². The average Bonchev–Trinajstić information content (AvgIpc) is 2.31. The van der Waals surface area contributed by atoms with E-state index in [-0.39, 0.29) is 17.7 Å². The minimum Gasteiger partial charge on any atom is -0.507 e. The summed E-state index contributed by atoms with van der Waals surface area (Å²) in [5.41, 5.74) is 0.348. The maximum absolute atomic E-state index is 11.8. The van der Waals surface area contributed by atoms with Gasteiger partial charge in [0.15, 0.2) is 0 Å². The third kappa shape index (κ3) is 2.52. The van der Waals surface area contributed by atoms with Gasteiger partial charge in [-0.1, -0.05) is 12.1 Å². The summed E-state index contributed by atoms with van der Waals surface area (Å²) in [5.74, 6) is -0.154. The standard InChI is InChI=1S/C12H16N2O2/c15-11-4-2-1-3-10(11)12(16)14-9-5-7-13-8-6-9/h1-4,9,13,15H,5-8H2,(H,14,16). The molecular formula is C12H16N2O2. The van der Waals surface area contributed by atoms with Gasteiger partial charge in [0.25, 0.3) is 5.91 Å². The summed E-state index contributed by atoms with van der Waals surface area (Å²) in [5, 5.41) is 15.7. The van der Waals surface area contributed by atoms with Crippen molar-refractivity contribution in [2.24, 2.45) is 0 Å². The van der Waals surface area contributed by atoms with E-state index in [2.05, 4.69) is 10.6 Å². The number of carbonyl (C=O) groups is 1. The van der Waals surface area contributed by atoms with Crippen LogP contribution in [0.5, 0.6) is 5.75 Å². The smallest absolute Gasteiger partial charge is 0.255 e. The molecule has 0 atom stereocenters. The maximum Gasteiger partial charge on any atom is 0.255 e. The summed E-state index contributed by atoms with van der Waals surface area (Å²) in [7, 11) is 0. The Kier molecular flexibility index (Phi) is 3.41. The van der Waals surface area contributed by atoms with E-state index in [0.29, 0.717) is 5.56 Å². The molecule has 1 fully saturated rings. The second-order valence-electron chi connectivity index (χ2n) is 4.01. The largest absolute Gasteiger partial charge is 0.507 e. The van der Waals surface area contributed by atoms with Crippen molar-refractivity contribution < 1.29 is 9.90 Å². The van der Waals surface area contributed by atoms with E-state index < -0.39 is 0 Å². The Balaban J connectivity index is 2.00. The summed E-state index contributed by atoms with van der Waals surface area (Å²) < 4.78 is 0. The number of para-hydroxylation sites is 1. The van der Waals surface area contributed by atoms with Crippen molar-refractivity contribution in [1.82, 2.24) is 10.6 Å². The highest BCUT2D eigenvalue weighted by Crippen LogP contribution is 2.16. The summed E-state index contributed by atoms with van der Waals surface area (Å²) in [6.07, 6.45) is 1.89. The zero-order chi connectivity index (χ0) is 11.4. The molecule has 1 aliphatic heterocycles. The van der Waals surface area contributed by atoms with Crippen LogP contribution in [0.25, 0.3) is 0 Å². The van der Waals surface area contributed by atoms with Crippen molar-refractivity contribution in [2.75, 3.05) is 13.1 Å². The minimum absolute atomic E-state index is 0.0361. The quantitative estimate of drug-likeness (QED) is 0.693. The number of phenols is 1. The number of nitrogens with one attached hydrogen (secondary N) is 2. The molecule has 3 N–H and O–H groups in total. The van der Waals surface area contributed by atoms with Gasteiger partial charge in [0.2, 0.25) is 0 Å². The molecule has 0 bridgehead atoms. The van der Waals surface area contributed by atoms with Crippen LogP contribution in [0.3, 0.4) is 0 Å². The predicted molar refractivity (Wildman–Crippen MR) is 61.5 cm³/mol. The number of aromatic hydroxyl groups is 1. The Bertz CT molecular complexity index is 373. The number of piperidine rings is 1. The van der Waals surface area contributed by atoms with Crippen LogP contribution < -0.4 is 10.6 Å². The number of hydrogen-bond donors (Lipinski definition) is 3. The lowest BCUT2D eigenvalue weighted by atomic mass is 10.1. The molecule has 4 nitrogen and oxygen atoms in total. The molecular weight excluding hydrogens is 204 g/mol. The van der Waals surface area contributed by atoms with Crippen LogP contribution in [0.1, 0.15) is 23.2 Å². The second kappa shape index (κ2) is 4.99. The Morgan fingerprint density at radius 1 is 1.31 bits per heavy atom. The molecule has 0 aliphatic carbocycles. The van der Waals surface area contributed by atoms with Crippen LogP contribution in [-0.4, -0.2) is 30.1 Å². The fraction of sp³-hybridized carbons (Fsp3) is 0.417. The molecule has 0 saturated carbocycles. The molecule has 1 aliphatic rings. The van der Waals surface area contributed by atoms with E-state index in [9.17, 15) is 9.90 Å². The van der Waals surface area contributed by atoms with Crippen LogP contribution in [0.4, 0.5) is 0 Å². The van der Waals surface area contributed by atoms with E-state index >= 15 is 0 Å². The molecule has 1 aromatic carbocycles. The van der Waals surface area contributed by atoms with Crippen molar-refractivity contribution in [2.45, 2.75) is 18.9 Å². The van der Waals surface area contributed by atoms with E-state index in [0.717, 1.165) is 25.9 Å². The van der Waals surface area contributed by atoms with Crippen molar-refractivity contribution >= 4 is 5.91 Å². The summed E-state index contributed by atoms with van der Waals surface area (Å²) in [6.45, 7) is 1.87. The Hall–Kier alpha value is -1.55. The van der Waals surface area contributed by atoms with E-state index in [1.54, 1.807) is 18.2 Å². The topological polar surface area (TPSA) is 61.4 Å². The molecule has 4 heteroatoms. The lowest BCUT2D eigenvalue weighted by Gasteiger charge is -2.23. The molecule has 0 radical (unpaired) electrons. The highest BCUT2D eigenvalue weighted by atomic mass is 16.3. The molecule has 1 heterocycles. The fourth-order valence-corrected chi connectivity index (χ4v) is 1.90. The fourth-order valence-electron chi connectivity index (χ4n) is 1.90. The molecule has 16 heavy (non-hydrogen) atoms. The van der Waals surface area contributed by atoms with Gasteiger partial charge in [-0.05, 0) is 38.1 Å². The van der Waals surface area contributed by atoms with Gasteiger partial charge in [0.1, 0.15) is 5.75 Å². The Morgan fingerprint density at radius 3 is 2.69 bits per heavy atom. The lowest BCUT2D eigenvalue weighted by Crippen LogP contribution is -2.42. The van der Waals surface area contributed by atoms with Gasteiger partial charge >= 0.3 is 0 Å². The summed E-state index contributed by atoms with van der Waals surface area (Å²) in [4.78, 5) is 11.8. The zero-order valence-electron chi connectivity index (χ0n) is 9.07. The van der Waals surface area contributed by atoms with Crippen LogP contribution >= 0.6 is 0 Å². The summed E-state index contributed by atoms with van der Waals surface area (Å²) in [6, 6.07) is 6.82. The first-order chi connectivity index (χ1) is 7.77. The van der Waals surface area contributed by atoms with Gasteiger partial charge in [-0.25, -0.2) is 0 Å². The molecule has 0 spiro atoms. The van der Waals surface area contributed by atoms with Gasteiger partial charge in [-0.15, -0.1) is 0 Å². The second-order valence-corrected chi connectivity index (χ2v) is 4.01. The monoisotopic (exact) mass is 220 g/mol. The van der Waals surface area contributed by atoms with Crippen molar-refractivity contribution in [1.29, 1.82) is 0 Å². The highest BCUT2D eigenvalue weighted by Gasteiger charge is 2.17. The molecule has 86 valence electrons. The maximum atomic E-state index is 11.8. The number of carbonyl (C=O) groups excluding carboxylic acids is 1. The molecule has 0 unspecified atom stereocenters. The first-order valence-corrected chi connectivity index (χ1v) is 5.57. The predicted octanol–water partition coefficient (Wildman–Crippen LogP) is 0.874. The third-order valence-corrected chi connectivity index (χ3v) is 2.82. The van der Waals surface area contributed by atoms with Crippen LogP contribution in [-0.2, 0) is 0 Å².